The van der Waals surface area contributed by atoms with E-state index in [1.807, 2.05) is 12.1 Å². The Kier molecular flexibility index (Phi) is 1.85. The van der Waals surface area contributed by atoms with Gasteiger partial charge < -0.3 is 10.1 Å². The molecule has 0 spiro atoms. The van der Waals surface area contributed by atoms with Crippen LogP contribution in [0.15, 0.2) is 12.1 Å². The van der Waals surface area contributed by atoms with Crippen molar-refractivity contribution in [3.05, 3.63) is 15.8 Å². The molecular formula is C7H7IN2O. The molecule has 0 saturated carbocycles. The fourth-order valence-corrected chi connectivity index (χ4v) is 1.42. The van der Waals surface area contributed by atoms with E-state index in [0.717, 1.165) is 28.4 Å². The van der Waals surface area contributed by atoms with Crippen molar-refractivity contribution >= 4 is 28.4 Å². The SMILES string of the molecule is Ic1ccc2c(n1)NCCO2. The van der Waals surface area contributed by atoms with Crippen LogP contribution in [0, 0.1) is 3.70 Å². The maximum Gasteiger partial charge on any atom is 0.169 e. The summed E-state index contributed by atoms with van der Waals surface area (Å²) in [7, 11) is 0. The van der Waals surface area contributed by atoms with Gasteiger partial charge in [-0.15, -0.1) is 0 Å². The Balaban J connectivity index is 2.43. The molecule has 2 heterocycles. The standard InChI is InChI=1S/C7H7IN2O/c8-6-2-1-5-7(10-6)9-3-4-11-5/h1-2H,3-4H2,(H,9,10). The number of nitrogens with zero attached hydrogens (tertiary/aromatic N) is 1. The van der Waals surface area contributed by atoms with E-state index in [1.165, 1.54) is 0 Å². The van der Waals surface area contributed by atoms with Crippen LogP contribution in [0.3, 0.4) is 0 Å². The summed E-state index contributed by atoms with van der Waals surface area (Å²) in [5.41, 5.74) is 0. The molecule has 1 aliphatic rings. The molecule has 58 valence electrons. The number of ether oxygens (including phenoxy) is 1. The van der Waals surface area contributed by atoms with Crippen LogP contribution in [-0.2, 0) is 0 Å². The molecular weight excluding hydrogens is 255 g/mol. The lowest BCUT2D eigenvalue weighted by molar-refractivity contribution is 0.321. The van der Waals surface area contributed by atoms with E-state index < -0.39 is 0 Å². The summed E-state index contributed by atoms with van der Waals surface area (Å²) < 4.78 is 6.34. The van der Waals surface area contributed by atoms with E-state index >= 15 is 0 Å². The number of fused-ring (bicyclic) bond motifs is 1. The Hall–Kier alpha value is -0.520. The van der Waals surface area contributed by atoms with Gasteiger partial charge >= 0.3 is 0 Å². The van der Waals surface area contributed by atoms with Gasteiger partial charge in [0.1, 0.15) is 10.3 Å². The minimum absolute atomic E-state index is 0.731. The number of nitrogens with one attached hydrogen (secondary N) is 1. The fraction of sp³-hybridized carbons (Fsp3) is 0.286. The highest BCUT2D eigenvalue weighted by Gasteiger charge is 2.09. The third-order valence-electron chi connectivity index (χ3n) is 1.48. The highest BCUT2D eigenvalue weighted by atomic mass is 127. The highest BCUT2D eigenvalue weighted by Crippen LogP contribution is 2.24. The first kappa shape index (κ1) is 7.15. The summed E-state index contributed by atoms with van der Waals surface area (Å²) >= 11 is 2.18. The molecule has 1 aliphatic heterocycles. The van der Waals surface area contributed by atoms with Crippen LogP contribution in [0.25, 0.3) is 0 Å². The molecule has 3 nitrogen and oxygen atoms in total. The predicted molar refractivity (Wildman–Crippen MR) is 50.9 cm³/mol. The molecule has 4 heteroatoms. The molecule has 0 unspecified atom stereocenters. The van der Waals surface area contributed by atoms with Gasteiger partial charge in [0.15, 0.2) is 11.6 Å². The fourth-order valence-electron chi connectivity index (χ4n) is 0.996. The van der Waals surface area contributed by atoms with Crippen LogP contribution in [0.4, 0.5) is 5.82 Å². The maximum absolute atomic E-state index is 5.35. The summed E-state index contributed by atoms with van der Waals surface area (Å²) in [4.78, 5) is 4.26. The third-order valence-corrected chi connectivity index (χ3v) is 2.08. The Morgan fingerprint density at radius 3 is 3.36 bits per heavy atom. The van der Waals surface area contributed by atoms with Gasteiger partial charge in [0.25, 0.3) is 0 Å². The molecule has 1 N–H and O–H groups in total. The third kappa shape index (κ3) is 1.40. The summed E-state index contributed by atoms with van der Waals surface area (Å²) in [6.45, 7) is 1.58. The average Bonchev–Trinajstić information content (AvgIpc) is 2.04. The molecule has 0 amide bonds. The minimum Gasteiger partial charge on any atom is -0.488 e. The van der Waals surface area contributed by atoms with Crippen molar-refractivity contribution in [1.82, 2.24) is 4.98 Å². The first-order valence-corrected chi connectivity index (χ1v) is 4.47. The molecule has 2 rings (SSSR count). The van der Waals surface area contributed by atoms with Gasteiger partial charge in [0, 0.05) is 0 Å². The van der Waals surface area contributed by atoms with E-state index in [9.17, 15) is 0 Å². The van der Waals surface area contributed by atoms with Gasteiger partial charge in [-0.1, -0.05) is 0 Å². The lowest BCUT2D eigenvalue weighted by Crippen LogP contribution is -2.19. The predicted octanol–water partition coefficient (Wildman–Crippen LogP) is 1.49. The number of pyridine rings is 1. The van der Waals surface area contributed by atoms with Gasteiger partial charge in [-0.05, 0) is 34.7 Å². The molecule has 1 aromatic rings. The van der Waals surface area contributed by atoms with Gasteiger partial charge in [0.2, 0.25) is 0 Å². The summed E-state index contributed by atoms with van der Waals surface area (Å²) in [5.74, 6) is 1.72. The van der Waals surface area contributed by atoms with Crippen molar-refractivity contribution < 1.29 is 4.74 Å². The molecule has 0 radical (unpaired) electrons. The second-order valence-electron chi connectivity index (χ2n) is 2.26. The number of halogens is 1. The Morgan fingerprint density at radius 1 is 1.55 bits per heavy atom. The van der Waals surface area contributed by atoms with Gasteiger partial charge in [-0.25, -0.2) is 4.98 Å². The summed E-state index contributed by atoms with van der Waals surface area (Å²) in [5, 5.41) is 3.16. The largest absolute Gasteiger partial charge is 0.488 e. The van der Waals surface area contributed by atoms with Crippen molar-refractivity contribution in [1.29, 1.82) is 0 Å². The van der Waals surface area contributed by atoms with Crippen LogP contribution in [0.1, 0.15) is 0 Å². The normalized spacial score (nSPS) is 14.6. The van der Waals surface area contributed by atoms with Crippen LogP contribution in [0.5, 0.6) is 5.75 Å². The molecule has 1 aromatic heterocycles. The van der Waals surface area contributed by atoms with Crippen LogP contribution in [-0.4, -0.2) is 18.1 Å². The van der Waals surface area contributed by atoms with Crippen LogP contribution < -0.4 is 10.1 Å². The van der Waals surface area contributed by atoms with E-state index in [-0.39, 0.29) is 0 Å². The highest BCUT2D eigenvalue weighted by molar-refractivity contribution is 14.1. The smallest absolute Gasteiger partial charge is 0.169 e. The first-order valence-electron chi connectivity index (χ1n) is 3.39. The molecule has 0 aliphatic carbocycles. The molecule has 0 bridgehead atoms. The van der Waals surface area contributed by atoms with Gasteiger partial charge in [-0.2, -0.15) is 0 Å². The average molecular weight is 262 g/mol. The number of hydrogen-bond donors (Lipinski definition) is 1. The van der Waals surface area contributed by atoms with Crippen molar-refractivity contribution in [2.75, 3.05) is 18.5 Å². The second kappa shape index (κ2) is 2.84. The zero-order valence-corrected chi connectivity index (χ0v) is 7.96. The number of anilines is 1. The van der Waals surface area contributed by atoms with Gasteiger partial charge in [-0.3, -0.25) is 0 Å². The summed E-state index contributed by atoms with van der Waals surface area (Å²) in [6, 6.07) is 3.88. The Morgan fingerprint density at radius 2 is 2.45 bits per heavy atom. The van der Waals surface area contributed by atoms with Gasteiger partial charge in [0.05, 0.1) is 6.54 Å². The van der Waals surface area contributed by atoms with E-state index in [2.05, 4.69) is 32.9 Å². The lowest BCUT2D eigenvalue weighted by Gasteiger charge is -2.17. The topological polar surface area (TPSA) is 34.2 Å². The first-order chi connectivity index (χ1) is 5.36. The molecule has 0 aromatic carbocycles. The second-order valence-corrected chi connectivity index (χ2v) is 3.36. The Bertz CT molecular complexity index is 277. The number of rotatable bonds is 0. The molecule has 0 fully saturated rings. The monoisotopic (exact) mass is 262 g/mol. The molecule has 0 saturated heterocycles. The van der Waals surface area contributed by atoms with Crippen LogP contribution in [0.2, 0.25) is 0 Å². The van der Waals surface area contributed by atoms with E-state index in [4.69, 9.17) is 4.74 Å². The number of aromatic nitrogens is 1. The van der Waals surface area contributed by atoms with Crippen molar-refractivity contribution in [2.45, 2.75) is 0 Å². The van der Waals surface area contributed by atoms with Crippen molar-refractivity contribution in [2.24, 2.45) is 0 Å². The molecule has 0 atom stereocenters. The maximum atomic E-state index is 5.35. The van der Waals surface area contributed by atoms with Crippen LogP contribution >= 0.6 is 22.6 Å². The zero-order chi connectivity index (χ0) is 7.68. The van der Waals surface area contributed by atoms with Crippen molar-refractivity contribution in [3.63, 3.8) is 0 Å². The Labute approximate surface area is 78.3 Å². The minimum atomic E-state index is 0.731. The molecule has 11 heavy (non-hydrogen) atoms. The lowest BCUT2D eigenvalue weighted by atomic mass is 10.4. The van der Waals surface area contributed by atoms with E-state index in [1.54, 1.807) is 0 Å². The quantitative estimate of drug-likeness (QED) is 0.568. The number of hydrogen-bond acceptors (Lipinski definition) is 3. The summed E-state index contributed by atoms with van der Waals surface area (Å²) in [6.07, 6.45) is 0. The zero-order valence-electron chi connectivity index (χ0n) is 5.80. The van der Waals surface area contributed by atoms with E-state index in [0.29, 0.717) is 0 Å². The van der Waals surface area contributed by atoms with Crippen molar-refractivity contribution in [3.8, 4) is 5.75 Å².